The van der Waals surface area contributed by atoms with Gasteiger partial charge in [0.1, 0.15) is 12.5 Å². The summed E-state index contributed by atoms with van der Waals surface area (Å²) in [6.07, 6.45) is 6.24. The van der Waals surface area contributed by atoms with Crippen LogP contribution >= 0.6 is 11.6 Å². The monoisotopic (exact) mass is 554 g/mol. The summed E-state index contributed by atoms with van der Waals surface area (Å²) in [5.41, 5.74) is 0. The second-order valence-electron chi connectivity index (χ2n) is 10.6. The number of nitrogens with zero attached hydrogens (tertiary/aromatic N) is 1. The van der Waals surface area contributed by atoms with Crippen LogP contribution in [0.25, 0.3) is 0 Å². The van der Waals surface area contributed by atoms with Crippen molar-refractivity contribution in [3.8, 4) is 0 Å². The molecule has 1 aliphatic carbocycles. The Kier molecular flexibility index (Phi) is 12.6. The summed E-state index contributed by atoms with van der Waals surface area (Å²) in [4.78, 5) is 14.5. The van der Waals surface area contributed by atoms with Crippen LogP contribution in [0, 0.1) is 11.8 Å². The van der Waals surface area contributed by atoms with E-state index in [4.69, 9.17) is 20.9 Å². The molecule has 0 aromatic rings. The highest BCUT2D eigenvalue weighted by molar-refractivity contribution is 7.85. The quantitative estimate of drug-likeness (QED) is 0.155. The average molecular weight is 555 g/mol. The van der Waals surface area contributed by atoms with Gasteiger partial charge in [-0.3, -0.25) is 24.9 Å². The number of piperidine rings is 1. The Bertz CT molecular complexity index is 764. The van der Waals surface area contributed by atoms with E-state index in [1.54, 1.807) is 0 Å². The number of halogens is 2. The first-order valence-electron chi connectivity index (χ1n) is 13.5. The highest BCUT2D eigenvalue weighted by Gasteiger charge is 2.32. The fourth-order valence-corrected chi connectivity index (χ4v) is 6.22. The van der Waals surface area contributed by atoms with Gasteiger partial charge in [-0.2, -0.15) is 8.42 Å². The molecule has 1 saturated carbocycles. The maximum Gasteiger partial charge on any atom is 0.264 e. The van der Waals surface area contributed by atoms with Crippen molar-refractivity contribution in [3.05, 3.63) is 0 Å². The maximum atomic E-state index is 14.7. The summed E-state index contributed by atoms with van der Waals surface area (Å²) in [5.74, 6) is -0.107. The van der Waals surface area contributed by atoms with Crippen molar-refractivity contribution in [2.45, 2.75) is 88.2 Å². The van der Waals surface area contributed by atoms with Crippen LogP contribution in [0.1, 0.15) is 64.2 Å². The van der Waals surface area contributed by atoms with E-state index in [9.17, 15) is 17.6 Å². The molecule has 0 spiro atoms. The van der Waals surface area contributed by atoms with Gasteiger partial charge in [-0.25, -0.2) is 4.39 Å². The normalized spacial score (nSPS) is 30.8. The Balaban J connectivity index is 1.20. The zero-order chi connectivity index (χ0) is 26.0. The largest absolute Gasteiger partial charge is 0.378 e. The second-order valence-corrected chi connectivity index (χ2v) is 12.8. The van der Waals surface area contributed by atoms with Crippen molar-refractivity contribution in [3.63, 3.8) is 0 Å². The van der Waals surface area contributed by atoms with E-state index < -0.39 is 16.3 Å². The number of alkyl halides is 2. The molecule has 3 unspecified atom stereocenters. The van der Waals surface area contributed by atoms with Gasteiger partial charge in [-0.1, -0.05) is 0 Å². The van der Waals surface area contributed by atoms with E-state index in [0.29, 0.717) is 38.3 Å². The summed E-state index contributed by atoms with van der Waals surface area (Å²) in [7, 11) is -3.97. The molecule has 9 nitrogen and oxygen atoms in total. The van der Waals surface area contributed by atoms with Crippen molar-refractivity contribution >= 4 is 27.6 Å². The van der Waals surface area contributed by atoms with Gasteiger partial charge in [-0.15, -0.1) is 11.6 Å². The van der Waals surface area contributed by atoms with Crippen molar-refractivity contribution in [1.82, 2.24) is 20.9 Å². The molecule has 2 saturated heterocycles. The molecule has 3 rings (SSSR count). The molecule has 2 heterocycles. The van der Waals surface area contributed by atoms with E-state index in [-0.39, 0.29) is 48.2 Å². The van der Waals surface area contributed by atoms with Crippen LogP contribution < -0.4 is 16.0 Å². The first kappa shape index (κ1) is 30.0. The third-order valence-electron chi connectivity index (χ3n) is 7.65. The van der Waals surface area contributed by atoms with Crippen molar-refractivity contribution in [2.24, 2.45) is 11.8 Å². The van der Waals surface area contributed by atoms with Gasteiger partial charge in [0.2, 0.25) is 5.91 Å². The molecule has 36 heavy (non-hydrogen) atoms. The first-order chi connectivity index (χ1) is 17.2. The number of carbonyl (C=O) groups excluding carboxylic acids is 1. The standard InChI is InChI=1S/C24H44ClFN4O5S/c25-20-16-28-24(29-17-20)30-10-7-18(8-11-30)4-3-12-35-21-6-5-19(22(26)15-21)14-23(31)27-9-1-2-13-36(32,33)34/h18-22,24,28-29H,1-17H2,(H,27,31)(H,32,33,34). The summed E-state index contributed by atoms with van der Waals surface area (Å²) in [6.45, 7) is 4.82. The molecule has 12 heteroatoms. The predicted molar refractivity (Wildman–Crippen MR) is 138 cm³/mol. The van der Waals surface area contributed by atoms with Crippen molar-refractivity contribution < 1.29 is 26.9 Å². The number of rotatable bonds is 13. The fourth-order valence-electron chi connectivity index (χ4n) is 5.47. The molecule has 3 atom stereocenters. The summed E-state index contributed by atoms with van der Waals surface area (Å²) in [6, 6.07) is 0. The Labute approximate surface area is 220 Å². The summed E-state index contributed by atoms with van der Waals surface area (Å²) in [5, 5.41) is 9.80. The third-order valence-corrected chi connectivity index (χ3v) is 8.76. The number of hydrogen-bond acceptors (Lipinski definition) is 7. The topological polar surface area (TPSA) is 120 Å². The highest BCUT2D eigenvalue weighted by Crippen LogP contribution is 2.31. The van der Waals surface area contributed by atoms with Gasteiger partial charge in [0.25, 0.3) is 10.1 Å². The minimum absolute atomic E-state index is 0.0733. The van der Waals surface area contributed by atoms with Gasteiger partial charge in [0, 0.05) is 52.2 Å². The van der Waals surface area contributed by atoms with Crippen LogP contribution in [-0.2, 0) is 19.6 Å². The van der Waals surface area contributed by atoms with E-state index >= 15 is 0 Å². The second kappa shape index (κ2) is 15.1. The van der Waals surface area contributed by atoms with Crippen LogP contribution in [0.5, 0.6) is 0 Å². The lowest BCUT2D eigenvalue weighted by Crippen LogP contribution is -2.62. The summed E-state index contributed by atoms with van der Waals surface area (Å²) >= 11 is 6.13. The van der Waals surface area contributed by atoms with E-state index in [2.05, 4.69) is 20.9 Å². The minimum atomic E-state index is -3.97. The van der Waals surface area contributed by atoms with Crippen LogP contribution in [0.3, 0.4) is 0 Å². The molecule has 4 N–H and O–H groups in total. The Morgan fingerprint density at radius 2 is 1.83 bits per heavy atom. The van der Waals surface area contributed by atoms with Crippen LogP contribution in [0.15, 0.2) is 0 Å². The van der Waals surface area contributed by atoms with E-state index in [1.165, 1.54) is 12.8 Å². The number of hydrogen-bond donors (Lipinski definition) is 4. The van der Waals surface area contributed by atoms with E-state index in [1.807, 2.05) is 0 Å². The van der Waals surface area contributed by atoms with Crippen LogP contribution in [0.2, 0.25) is 0 Å². The smallest absolute Gasteiger partial charge is 0.264 e. The molecule has 0 aromatic carbocycles. The van der Waals surface area contributed by atoms with Gasteiger partial charge in [-0.05, 0) is 63.2 Å². The minimum Gasteiger partial charge on any atom is -0.378 e. The molecule has 2 aliphatic heterocycles. The molecule has 3 fully saturated rings. The Hall–Kier alpha value is -0.560. The molecule has 0 aromatic heterocycles. The Morgan fingerprint density at radius 1 is 1.11 bits per heavy atom. The van der Waals surface area contributed by atoms with Gasteiger partial charge < -0.3 is 10.1 Å². The molecule has 0 bridgehead atoms. The number of unbranched alkanes of at least 4 members (excludes halogenated alkanes) is 1. The van der Waals surface area contributed by atoms with E-state index in [0.717, 1.165) is 45.4 Å². The molecule has 1 amide bonds. The lowest BCUT2D eigenvalue weighted by Gasteiger charge is -2.41. The third kappa shape index (κ3) is 11.0. The SMILES string of the molecule is O=C(CC1CCC(OCCCC2CCN(C3NCC(Cl)CN3)CC2)CC1F)NCCCCS(=O)(=O)O. The van der Waals surface area contributed by atoms with Crippen LogP contribution in [-0.4, -0.2) is 92.8 Å². The van der Waals surface area contributed by atoms with Crippen molar-refractivity contribution in [2.75, 3.05) is 45.1 Å². The fraction of sp³-hybridized carbons (Fsp3) is 0.958. The number of amides is 1. The number of carbonyl (C=O) groups is 1. The molecular weight excluding hydrogens is 511 g/mol. The number of ether oxygens (including phenoxy) is 1. The molecular formula is C24H44ClFN4O5S. The zero-order valence-corrected chi connectivity index (χ0v) is 22.7. The number of likely N-dealkylation sites (tertiary alicyclic amines) is 1. The Morgan fingerprint density at radius 3 is 2.50 bits per heavy atom. The lowest BCUT2D eigenvalue weighted by molar-refractivity contribution is -0.123. The highest BCUT2D eigenvalue weighted by atomic mass is 35.5. The van der Waals surface area contributed by atoms with Gasteiger partial charge in [0.05, 0.1) is 17.2 Å². The van der Waals surface area contributed by atoms with Gasteiger partial charge >= 0.3 is 0 Å². The van der Waals surface area contributed by atoms with Gasteiger partial charge in [0.15, 0.2) is 0 Å². The number of nitrogens with one attached hydrogen (secondary N) is 3. The van der Waals surface area contributed by atoms with Crippen LogP contribution in [0.4, 0.5) is 4.39 Å². The molecule has 0 radical (unpaired) electrons. The predicted octanol–water partition coefficient (Wildman–Crippen LogP) is 2.26. The first-order valence-corrected chi connectivity index (χ1v) is 15.6. The van der Waals surface area contributed by atoms with Crippen molar-refractivity contribution in [1.29, 1.82) is 0 Å². The zero-order valence-electron chi connectivity index (χ0n) is 21.2. The molecule has 210 valence electrons. The molecule has 3 aliphatic rings. The average Bonchev–Trinajstić information content (AvgIpc) is 2.83. The maximum absolute atomic E-state index is 14.7. The summed E-state index contributed by atoms with van der Waals surface area (Å²) < 4.78 is 50.7. The lowest BCUT2D eigenvalue weighted by atomic mass is 9.83.